The second-order valence-corrected chi connectivity index (χ2v) is 13.3. The summed E-state index contributed by atoms with van der Waals surface area (Å²) >= 11 is 13.6. The minimum absolute atomic E-state index is 0.162. The summed E-state index contributed by atoms with van der Waals surface area (Å²) in [6.07, 6.45) is 4.26. The first-order chi connectivity index (χ1) is 22.1. The molecule has 0 bridgehead atoms. The molecule has 10 nitrogen and oxygen atoms in total. The number of likely N-dealkylation sites (N-methyl/N-ethyl adjacent to an activating group) is 1. The van der Waals surface area contributed by atoms with Crippen LogP contribution in [0.1, 0.15) is 42.0 Å². The summed E-state index contributed by atoms with van der Waals surface area (Å²) in [6.45, 7) is 7.79. The third kappa shape index (κ3) is 4.73. The number of pyridine rings is 1. The van der Waals surface area contributed by atoms with Crippen molar-refractivity contribution in [1.82, 2.24) is 29.8 Å². The van der Waals surface area contributed by atoms with Crippen LogP contribution in [0.5, 0.6) is 0 Å². The maximum Gasteiger partial charge on any atom is 0.246 e. The van der Waals surface area contributed by atoms with Crippen molar-refractivity contribution in [1.29, 1.82) is 5.26 Å². The van der Waals surface area contributed by atoms with Gasteiger partial charge in [-0.3, -0.25) is 9.79 Å². The van der Waals surface area contributed by atoms with Crippen molar-refractivity contribution < 1.29 is 9.18 Å². The number of benzene rings is 2. The first-order valence-corrected chi connectivity index (χ1v) is 16.0. The van der Waals surface area contributed by atoms with Gasteiger partial charge in [-0.05, 0) is 68.8 Å². The van der Waals surface area contributed by atoms with Gasteiger partial charge in [-0.1, -0.05) is 35.0 Å². The van der Waals surface area contributed by atoms with Crippen LogP contribution in [0.4, 0.5) is 10.2 Å². The fourth-order valence-corrected chi connectivity index (χ4v) is 7.54. The lowest BCUT2D eigenvalue weighted by atomic mass is 9.91. The molecule has 2 saturated heterocycles. The van der Waals surface area contributed by atoms with Gasteiger partial charge in [0.25, 0.3) is 0 Å². The maximum atomic E-state index is 17.1. The molecule has 7 rings (SSSR count). The second kappa shape index (κ2) is 11.6. The SMILES string of the molecule is C=CC(=O)N1CC[C@H](n2nnc3c(N4CC(N(C)C)C4)nc4c(F)c(-c5c(C)c(Cl)cc6c5C=NC6)c(Cl)cc4c32)C[C@H]1CC#N. The van der Waals surface area contributed by atoms with Gasteiger partial charge in [0.1, 0.15) is 11.0 Å². The number of rotatable bonds is 6. The second-order valence-electron chi connectivity index (χ2n) is 12.5. The highest BCUT2D eigenvalue weighted by atomic mass is 35.5. The van der Waals surface area contributed by atoms with E-state index in [-0.39, 0.29) is 40.5 Å². The molecule has 0 saturated carbocycles. The summed E-state index contributed by atoms with van der Waals surface area (Å²) in [5, 5.41) is 20.0. The fourth-order valence-electron chi connectivity index (χ4n) is 7.03. The Kier molecular flexibility index (Phi) is 7.70. The van der Waals surface area contributed by atoms with E-state index in [9.17, 15) is 10.1 Å². The Labute approximate surface area is 275 Å². The zero-order valence-corrected chi connectivity index (χ0v) is 27.3. The van der Waals surface area contributed by atoms with E-state index < -0.39 is 5.82 Å². The molecular weight excluding hydrogens is 628 g/mol. The Bertz CT molecular complexity index is 2010. The Balaban J connectivity index is 1.44. The zero-order valence-electron chi connectivity index (χ0n) is 25.8. The number of nitriles is 1. The summed E-state index contributed by atoms with van der Waals surface area (Å²) < 4.78 is 18.9. The van der Waals surface area contributed by atoms with E-state index >= 15 is 4.39 Å². The molecule has 0 radical (unpaired) electrons. The number of hydrogen-bond donors (Lipinski definition) is 0. The van der Waals surface area contributed by atoms with E-state index in [0.717, 1.165) is 11.1 Å². The van der Waals surface area contributed by atoms with Gasteiger partial charge in [-0.15, -0.1) is 5.10 Å². The number of nitrogens with zero attached hydrogens (tertiary/aromatic N) is 9. The van der Waals surface area contributed by atoms with Crippen LogP contribution in [-0.4, -0.2) is 87.7 Å². The molecule has 1 amide bonds. The molecule has 4 aromatic rings. The van der Waals surface area contributed by atoms with Crippen LogP contribution < -0.4 is 4.90 Å². The van der Waals surface area contributed by atoms with Gasteiger partial charge in [-0.25, -0.2) is 14.1 Å². The van der Waals surface area contributed by atoms with E-state index in [4.69, 9.17) is 28.2 Å². The number of halogens is 3. The topological polar surface area (TPSA) is 107 Å². The average Bonchev–Trinajstić information content (AvgIpc) is 3.66. The number of aromatic nitrogens is 4. The Morgan fingerprint density at radius 3 is 2.72 bits per heavy atom. The third-order valence-electron chi connectivity index (χ3n) is 9.66. The number of piperidine rings is 1. The zero-order chi connectivity index (χ0) is 32.4. The molecule has 5 heterocycles. The van der Waals surface area contributed by atoms with E-state index in [1.807, 2.05) is 31.8 Å². The number of hydrogen-bond acceptors (Lipinski definition) is 8. The molecule has 46 heavy (non-hydrogen) atoms. The minimum atomic E-state index is -0.551. The molecule has 3 aliphatic heterocycles. The molecule has 2 fully saturated rings. The Morgan fingerprint density at radius 2 is 2.00 bits per heavy atom. The molecule has 0 unspecified atom stereocenters. The van der Waals surface area contributed by atoms with Crippen LogP contribution in [0.15, 0.2) is 29.8 Å². The van der Waals surface area contributed by atoms with E-state index in [1.54, 1.807) is 17.2 Å². The molecule has 0 aliphatic carbocycles. The van der Waals surface area contributed by atoms with Crippen molar-refractivity contribution >= 4 is 63.1 Å². The van der Waals surface area contributed by atoms with Gasteiger partial charge < -0.3 is 14.7 Å². The van der Waals surface area contributed by atoms with Gasteiger partial charge in [0, 0.05) is 59.5 Å². The number of amides is 1. The third-order valence-corrected chi connectivity index (χ3v) is 10.4. The first kappa shape index (κ1) is 30.5. The summed E-state index contributed by atoms with van der Waals surface area (Å²) in [7, 11) is 4.07. The lowest BCUT2D eigenvalue weighted by Crippen LogP contribution is -2.57. The molecule has 0 N–H and O–H groups in total. The fraction of sp³-hybridized carbons (Fsp3) is 0.394. The predicted molar refractivity (Wildman–Crippen MR) is 178 cm³/mol. The number of fused-ring (bicyclic) bond motifs is 4. The molecule has 2 aromatic heterocycles. The summed E-state index contributed by atoms with van der Waals surface area (Å²) in [5.74, 6) is -0.201. The van der Waals surface area contributed by atoms with Crippen LogP contribution in [0.25, 0.3) is 33.1 Å². The highest BCUT2D eigenvalue weighted by molar-refractivity contribution is 6.36. The summed E-state index contributed by atoms with van der Waals surface area (Å²) in [5.41, 5.74) is 4.61. The van der Waals surface area contributed by atoms with Crippen molar-refractivity contribution in [2.75, 3.05) is 38.6 Å². The quantitative estimate of drug-likeness (QED) is 0.244. The van der Waals surface area contributed by atoms with Crippen molar-refractivity contribution in [3.8, 4) is 17.2 Å². The number of aliphatic imine (C=N–C) groups is 1. The van der Waals surface area contributed by atoms with Crippen LogP contribution in [0.2, 0.25) is 10.0 Å². The lowest BCUT2D eigenvalue weighted by molar-refractivity contribution is -0.130. The van der Waals surface area contributed by atoms with Gasteiger partial charge in [0.15, 0.2) is 17.2 Å². The normalized spacial score (nSPS) is 19.6. The van der Waals surface area contributed by atoms with Crippen molar-refractivity contribution in [3.05, 3.63) is 57.3 Å². The smallest absolute Gasteiger partial charge is 0.246 e. The Hall–Kier alpha value is -4.11. The van der Waals surface area contributed by atoms with Gasteiger partial charge in [0.2, 0.25) is 5.91 Å². The maximum absolute atomic E-state index is 17.1. The summed E-state index contributed by atoms with van der Waals surface area (Å²) in [6, 6.07) is 5.64. The standard InChI is InChI=1S/C33H32Cl2FN9O/c1-5-26(46)44-9-7-20(11-19(44)6-8-37)45-32-22-12-25(35)28(27-17(2)24(34)10-18-13-38-14-23(18)27)29(36)30(22)39-33(31(32)40-41-45)43-15-21(16-43)42(3)4/h5,10,12,14,19-21H,1,6-7,9,11,13,15-16H2,2-4H3/t19-,20+/m1/s1. The molecule has 2 aromatic carbocycles. The van der Waals surface area contributed by atoms with Gasteiger partial charge in [0.05, 0.1) is 30.1 Å². The van der Waals surface area contributed by atoms with E-state index in [2.05, 4.69) is 37.8 Å². The number of likely N-dealkylation sites (tertiary alicyclic amines) is 1. The molecule has 2 atom stereocenters. The van der Waals surface area contributed by atoms with Crippen LogP contribution in [0.3, 0.4) is 0 Å². The van der Waals surface area contributed by atoms with E-state index in [1.165, 1.54) is 6.08 Å². The van der Waals surface area contributed by atoms with E-state index in [0.29, 0.717) is 83.4 Å². The highest BCUT2D eigenvalue weighted by Crippen LogP contribution is 2.45. The van der Waals surface area contributed by atoms with Gasteiger partial charge in [-0.2, -0.15) is 5.26 Å². The monoisotopic (exact) mass is 659 g/mol. The molecular formula is C33H32Cl2FN9O. The highest BCUT2D eigenvalue weighted by Gasteiger charge is 2.36. The predicted octanol–water partition coefficient (Wildman–Crippen LogP) is 5.72. The largest absolute Gasteiger partial charge is 0.351 e. The van der Waals surface area contributed by atoms with Crippen LogP contribution in [-0.2, 0) is 11.3 Å². The number of carbonyl (C=O) groups excluding carboxylic acids is 1. The lowest BCUT2D eigenvalue weighted by Gasteiger charge is -2.43. The van der Waals surface area contributed by atoms with Gasteiger partial charge >= 0.3 is 0 Å². The van der Waals surface area contributed by atoms with Crippen LogP contribution >= 0.6 is 23.2 Å². The average molecular weight is 661 g/mol. The first-order valence-electron chi connectivity index (χ1n) is 15.2. The van der Waals surface area contributed by atoms with Crippen molar-refractivity contribution in [2.24, 2.45) is 4.99 Å². The molecule has 0 spiro atoms. The molecule has 13 heteroatoms. The van der Waals surface area contributed by atoms with Crippen molar-refractivity contribution in [3.63, 3.8) is 0 Å². The molecule has 3 aliphatic rings. The number of anilines is 1. The number of carbonyl (C=O) groups is 1. The van der Waals surface area contributed by atoms with Crippen molar-refractivity contribution in [2.45, 2.75) is 50.9 Å². The van der Waals surface area contributed by atoms with Crippen LogP contribution in [0, 0.1) is 24.1 Å². The summed E-state index contributed by atoms with van der Waals surface area (Å²) in [4.78, 5) is 27.9. The minimum Gasteiger partial charge on any atom is -0.351 e. The molecule has 236 valence electrons. The Morgan fingerprint density at radius 1 is 1.22 bits per heavy atom.